The lowest BCUT2D eigenvalue weighted by Gasteiger charge is -2.40. The van der Waals surface area contributed by atoms with Gasteiger partial charge < -0.3 is 9.52 Å². The largest absolute Gasteiger partial charge is 0.478 e. The minimum atomic E-state index is -1.01. The molecule has 0 aromatic carbocycles. The fourth-order valence-electron chi connectivity index (χ4n) is 2.98. The summed E-state index contributed by atoms with van der Waals surface area (Å²) < 4.78 is 5.64. The van der Waals surface area contributed by atoms with Crippen molar-refractivity contribution >= 4 is 12.0 Å². The second kappa shape index (κ2) is 5.15. The number of rotatable bonds is 5. The van der Waals surface area contributed by atoms with Crippen LogP contribution in [0.5, 0.6) is 0 Å². The van der Waals surface area contributed by atoms with Crippen molar-refractivity contribution in [1.29, 1.82) is 0 Å². The highest BCUT2D eigenvalue weighted by Crippen LogP contribution is 2.49. The van der Waals surface area contributed by atoms with Crippen LogP contribution < -0.4 is 0 Å². The van der Waals surface area contributed by atoms with Gasteiger partial charge >= 0.3 is 5.97 Å². The van der Waals surface area contributed by atoms with Crippen molar-refractivity contribution in [2.24, 2.45) is 11.8 Å². The van der Waals surface area contributed by atoms with Gasteiger partial charge in [0.25, 0.3) is 0 Å². The van der Waals surface area contributed by atoms with E-state index in [1.54, 1.807) is 0 Å². The number of hydrogen-bond donors (Lipinski definition) is 1. The van der Waals surface area contributed by atoms with Crippen molar-refractivity contribution in [2.45, 2.75) is 44.4 Å². The van der Waals surface area contributed by atoms with Crippen molar-refractivity contribution in [3.8, 4) is 0 Å². The maximum absolute atomic E-state index is 10.5. The molecule has 102 valence electrons. The van der Waals surface area contributed by atoms with Gasteiger partial charge in [-0.2, -0.15) is 0 Å². The molecule has 19 heavy (non-hydrogen) atoms. The van der Waals surface area contributed by atoms with Crippen LogP contribution in [0.1, 0.15) is 56.2 Å². The Morgan fingerprint density at radius 3 is 2.32 bits per heavy atom. The summed E-state index contributed by atoms with van der Waals surface area (Å²) in [4.78, 5) is 10.5. The number of hydrogen-bond acceptors (Lipinski definition) is 4. The van der Waals surface area contributed by atoms with Crippen LogP contribution in [0, 0.1) is 11.8 Å². The number of nitrogens with zero attached hydrogens (tertiary/aromatic N) is 2. The van der Waals surface area contributed by atoms with E-state index in [4.69, 9.17) is 9.52 Å². The molecule has 5 nitrogen and oxygen atoms in total. The van der Waals surface area contributed by atoms with Gasteiger partial charge in [-0.05, 0) is 37.5 Å². The molecule has 0 amide bonds. The van der Waals surface area contributed by atoms with E-state index >= 15 is 0 Å². The van der Waals surface area contributed by atoms with Gasteiger partial charge in [-0.3, -0.25) is 0 Å². The van der Waals surface area contributed by atoms with Gasteiger partial charge in [-0.25, -0.2) is 4.79 Å². The molecule has 0 aliphatic heterocycles. The summed E-state index contributed by atoms with van der Waals surface area (Å²) in [6, 6.07) is 0. The van der Waals surface area contributed by atoms with E-state index in [0.717, 1.165) is 6.08 Å². The van der Waals surface area contributed by atoms with Crippen molar-refractivity contribution in [3.63, 3.8) is 0 Å². The second-order valence-corrected chi connectivity index (χ2v) is 5.56. The van der Waals surface area contributed by atoms with Gasteiger partial charge in [0.1, 0.15) is 0 Å². The number of carboxylic acid groups (broad SMARTS) is 1. The predicted octanol–water partition coefficient (Wildman–Crippen LogP) is 2.85. The van der Waals surface area contributed by atoms with Gasteiger partial charge in [-0.15, -0.1) is 10.2 Å². The Morgan fingerprint density at radius 2 is 1.84 bits per heavy atom. The van der Waals surface area contributed by atoms with Crippen LogP contribution in [0.4, 0.5) is 0 Å². The summed E-state index contributed by atoms with van der Waals surface area (Å²) in [6.45, 7) is 0. The zero-order valence-electron chi connectivity index (χ0n) is 10.8. The fraction of sp³-hybridized carbons (Fsp3) is 0.643. The molecule has 0 atom stereocenters. The third kappa shape index (κ3) is 2.55. The number of aromatic nitrogens is 2. The lowest BCUT2D eigenvalue weighted by molar-refractivity contribution is -0.131. The summed E-state index contributed by atoms with van der Waals surface area (Å²) in [5, 5.41) is 16.6. The monoisotopic (exact) mass is 262 g/mol. The van der Waals surface area contributed by atoms with Crippen LogP contribution in [-0.2, 0) is 4.79 Å². The Hall–Kier alpha value is -1.65. The summed E-state index contributed by atoms with van der Waals surface area (Å²) in [5.74, 6) is 1.75. The van der Waals surface area contributed by atoms with E-state index in [-0.39, 0.29) is 0 Å². The minimum Gasteiger partial charge on any atom is -0.478 e. The molecule has 1 aromatic heterocycles. The first-order chi connectivity index (χ1) is 9.24. The third-order valence-electron chi connectivity index (χ3n) is 4.43. The van der Waals surface area contributed by atoms with Crippen LogP contribution in [0.3, 0.4) is 0 Å². The quantitative estimate of drug-likeness (QED) is 0.826. The molecule has 1 aromatic rings. The molecule has 2 saturated carbocycles. The topological polar surface area (TPSA) is 76.2 Å². The number of carboxylic acids is 1. The highest BCUT2D eigenvalue weighted by atomic mass is 16.4. The predicted molar refractivity (Wildman–Crippen MR) is 68.4 cm³/mol. The molecule has 2 fully saturated rings. The Morgan fingerprint density at radius 1 is 1.21 bits per heavy atom. The van der Waals surface area contributed by atoms with Crippen LogP contribution in [0.2, 0.25) is 0 Å². The van der Waals surface area contributed by atoms with Crippen LogP contribution in [-0.4, -0.2) is 21.3 Å². The molecular formula is C14H18N2O3. The molecule has 2 aliphatic rings. The molecule has 1 heterocycles. The highest BCUT2D eigenvalue weighted by Gasteiger charge is 2.40. The van der Waals surface area contributed by atoms with Crippen LogP contribution >= 0.6 is 0 Å². The van der Waals surface area contributed by atoms with Crippen molar-refractivity contribution in [3.05, 3.63) is 17.9 Å². The molecule has 2 aliphatic carbocycles. The average molecular weight is 262 g/mol. The summed E-state index contributed by atoms with van der Waals surface area (Å²) in [7, 11) is 0. The maximum atomic E-state index is 10.5. The van der Waals surface area contributed by atoms with E-state index in [9.17, 15) is 4.79 Å². The molecule has 0 unspecified atom stereocenters. The molecule has 5 heteroatoms. The zero-order chi connectivity index (χ0) is 13.2. The lowest BCUT2D eigenvalue weighted by Crippen LogP contribution is -2.30. The lowest BCUT2D eigenvalue weighted by atomic mass is 9.64. The molecular weight excluding hydrogens is 244 g/mol. The Bertz CT molecular complexity index is 473. The standard InChI is InChI=1S/C14H18N2O3/c17-12(18)8-7-11-15-16-14(19-11)13(9-3-1-4-9)10-5-2-6-10/h7-10,13H,1-6H2,(H,17,18)/b8-7+. The van der Waals surface area contributed by atoms with Crippen molar-refractivity contribution in [2.75, 3.05) is 0 Å². The second-order valence-electron chi connectivity index (χ2n) is 5.56. The van der Waals surface area contributed by atoms with Crippen molar-refractivity contribution < 1.29 is 14.3 Å². The van der Waals surface area contributed by atoms with Gasteiger partial charge in [0.05, 0.1) is 0 Å². The van der Waals surface area contributed by atoms with Crippen LogP contribution in [0.25, 0.3) is 6.08 Å². The summed E-state index contributed by atoms with van der Waals surface area (Å²) in [6.07, 6.45) is 10.00. The van der Waals surface area contributed by atoms with E-state index in [1.807, 2.05) is 0 Å². The smallest absolute Gasteiger partial charge is 0.328 e. The van der Waals surface area contributed by atoms with Gasteiger partial charge in [-0.1, -0.05) is 12.8 Å². The van der Waals surface area contributed by atoms with E-state index < -0.39 is 5.97 Å². The summed E-state index contributed by atoms with van der Waals surface area (Å²) in [5.41, 5.74) is 0. The van der Waals surface area contributed by atoms with E-state index in [1.165, 1.54) is 44.6 Å². The molecule has 3 rings (SSSR count). The first-order valence-electron chi connectivity index (χ1n) is 6.98. The Balaban J connectivity index is 1.76. The van der Waals surface area contributed by atoms with Gasteiger partial charge in [0.15, 0.2) is 0 Å². The number of aliphatic carboxylic acids is 1. The minimum absolute atomic E-state index is 0.293. The SMILES string of the molecule is O=C(O)/C=C/c1nnc(C(C2CCC2)C2CCC2)o1. The first kappa shape index (κ1) is 12.4. The molecule has 0 bridgehead atoms. The number of carbonyl (C=O) groups is 1. The Labute approximate surface area is 111 Å². The molecule has 0 radical (unpaired) electrons. The van der Waals surface area contributed by atoms with Crippen LogP contribution in [0.15, 0.2) is 10.5 Å². The van der Waals surface area contributed by atoms with Gasteiger partial charge in [0.2, 0.25) is 11.8 Å². The Kier molecular flexibility index (Phi) is 3.36. The van der Waals surface area contributed by atoms with E-state index in [2.05, 4.69) is 10.2 Å². The highest BCUT2D eigenvalue weighted by molar-refractivity contribution is 5.84. The zero-order valence-corrected chi connectivity index (χ0v) is 10.8. The fourth-order valence-corrected chi connectivity index (χ4v) is 2.98. The van der Waals surface area contributed by atoms with Crippen molar-refractivity contribution in [1.82, 2.24) is 10.2 Å². The average Bonchev–Trinajstić information content (AvgIpc) is 2.68. The van der Waals surface area contributed by atoms with Gasteiger partial charge in [0, 0.05) is 18.1 Å². The maximum Gasteiger partial charge on any atom is 0.328 e. The normalized spacial score (nSPS) is 20.7. The third-order valence-corrected chi connectivity index (χ3v) is 4.43. The molecule has 0 spiro atoms. The van der Waals surface area contributed by atoms with E-state index in [0.29, 0.717) is 29.5 Å². The summed E-state index contributed by atoms with van der Waals surface area (Å²) >= 11 is 0. The molecule has 0 saturated heterocycles. The molecule has 1 N–H and O–H groups in total. The first-order valence-corrected chi connectivity index (χ1v) is 6.98.